The predicted molar refractivity (Wildman–Crippen MR) is 104 cm³/mol. The van der Waals surface area contributed by atoms with Crippen molar-refractivity contribution in [2.75, 3.05) is 0 Å². The van der Waals surface area contributed by atoms with E-state index >= 15 is 0 Å². The number of carbonyl (C=O) groups excluding carboxylic acids is 1. The summed E-state index contributed by atoms with van der Waals surface area (Å²) >= 11 is 3.49. The van der Waals surface area contributed by atoms with Crippen LogP contribution in [-0.4, -0.2) is 32.0 Å². The van der Waals surface area contributed by atoms with Crippen molar-refractivity contribution in [3.05, 3.63) is 64.7 Å². The zero-order valence-electron chi connectivity index (χ0n) is 14.7. The van der Waals surface area contributed by atoms with E-state index in [0.29, 0.717) is 37.1 Å². The standard InChI is InChI=1S/C20H19BrN4O2/c21-16-3-1-2-14(12-16)13-25(17-4-5-17)19(26)7-6-18-23-20(24-27-18)15-8-10-22-11-9-15/h1-3,8-12,17H,4-7,13H2. The van der Waals surface area contributed by atoms with Crippen LogP contribution in [0.4, 0.5) is 0 Å². The molecular formula is C20H19BrN4O2. The van der Waals surface area contributed by atoms with Crippen LogP contribution in [0.3, 0.4) is 0 Å². The largest absolute Gasteiger partial charge is 0.339 e. The van der Waals surface area contributed by atoms with Gasteiger partial charge in [0.25, 0.3) is 0 Å². The molecule has 3 aromatic rings. The fourth-order valence-corrected chi connectivity index (χ4v) is 3.42. The lowest BCUT2D eigenvalue weighted by molar-refractivity contribution is -0.132. The minimum absolute atomic E-state index is 0.126. The fraction of sp³-hybridized carbons (Fsp3) is 0.300. The molecule has 138 valence electrons. The zero-order valence-corrected chi connectivity index (χ0v) is 16.3. The molecule has 1 saturated carbocycles. The van der Waals surface area contributed by atoms with Crippen molar-refractivity contribution in [2.45, 2.75) is 38.3 Å². The second kappa shape index (κ2) is 8.00. The molecular weight excluding hydrogens is 408 g/mol. The normalized spacial score (nSPS) is 13.5. The minimum atomic E-state index is 0.126. The van der Waals surface area contributed by atoms with E-state index in [0.717, 1.165) is 28.4 Å². The summed E-state index contributed by atoms with van der Waals surface area (Å²) in [6.07, 6.45) is 6.33. The topological polar surface area (TPSA) is 72.1 Å². The van der Waals surface area contributed by atoms with Gasteiger partial charge >= 0.3 is 0 Å². The molecule has 1 aromatic carbocycles. The summed E-state index contributed by atoms with van der Waals surface area (Å²) in [5.41, 5.74) is 1.97. The molecule has 2 heterocycles. The number of aromatic nitrogens is 3. The number of nitrogens with zero attached hydrogens (tertiary/aromatic N) is 4. The van der Waals surface area contributed by atoms with Gasteiger partial charge in [-0.2, -0.15) is 4.98 Å². The van der Waals surface area contributed by atoms with Crippen LogP contribution in [0.1, 0.15) is 30.7 Å². The number of carbonyl (C=O) groups is 1. The summed E-state index contributed by atoms with van der Waals surface area (Å²) in [5, 5.41) is 3.99. The smallest absolute Gasteiger partial charge is 0.227 e. The fourth-order valence-electron chi connectivity index (χ4n) is 2.97. The van der Waals surface area contributed by atoms with Crippen LogP contribution >= 0.6 is 15.9 Å². The average molecular weight is 427 g/mol. The van der Waals surface area contributed by atoms with Gasteiger partial charge in [0.1, 0.15) is 0 Å². The third-order valence-corrected chi connectivity index (χ3v) is 5.00. The van der Waals surface area contributed by atoms with Gasteiger partial charge in [0.05, 0.1) is 0 Å². The van der Waals surface area contributed by atoms with Gasteiger partial charge in [-0.1, -0.05) is 33.2 Å². The molecule has 0 bridgehead atoms. The Hall–Kier alpha value is -2.54. The van der Waals surface area contributed by atoms with Gasteiger partial charge in [0.15, 0.2) is 0 Å². The maximum Gasteiger partial charge on any atom is 0.227 e. The molecule has 0 atom stereocenters. The molecule has 1 fully saturated rings. The highest BCUT2D eigenvalue weighted by Gasteiger charge is 2.32. The van der Waals surface area contributed by atoms with Gasteiger partial charge in [0, 0.05) is 47.9 Å². The van der Waals surface area contributed by atoms with Crippen LogP contribution < -0.4 is 0 Å². The van der Waals surface area contributed by atoms with Crippen molar-refractivity contribution in [1.82, 2.24) is 20.0 Å². The van der Waals surface area contributed by atoms with E-state index < -0.39 is 0 Å². The second-order valence-corrected chi connectivity index (χ2v) is 7.55. The maximum atomic E-state index is 12.8. The molecule has 0 N–H and O–H groups in total. The molecule has 7 heteroatoms. The molecule has 27 heavy (non-hydrogen) atoms. The molecule has 1 aliphatic carbocycles. The Bertz CT molecular complexity index is 924. The molecule has 1 aliphatic rings. The highest BCUT2D eigenvalue weighted by atomic mass is 79.9. The van der Waals surface area contributed by atoms with E-state index in [-0.39, 0.29) is 5.91 Å². The number of aryl methyl sites for hydroxylation is 1. The third-order valence-electron chi connectivity index (χ3n) is 4.51. The number of pyridine rings is 1. The van der Waals surface area contributed by atoms with Gasteiger partial charge in [-0.15, -0.1) is 0 Å². The Labute approximate surface area is 165 Å². The average Bonchev–Trinajstić information content (AvgIpc) is 3.42. The molecule has 6 nitrogen and oxygen atoms in total. The van der Waals surface area contributed by atoms with E-state index in [4.69, 9.17) is 4.52 Å². The quantitative estimate of drug-likeness (QED) is 0.570. The summed E-state index contributed by atoms with van der Waals surface area (Å²) in [6, 6.07) is 12.1. The highest BCUT2D eigenvalue weighted by molar-refractivity contribution is 9.10. The maximum absolute atomic E-state index is 12.8. The van der Waals surface area contributed by atoms with Crippen LogP contribution in [0.15, 0.2) is 57.8 Å². The number of amides is 1. The van der Waals surface area contributed by atoms with Crippen molar-refractivity contribution in [2.24, 2.45) is 0 Å². The monoisotopic (exact) mass is 426 g/mol. The Balaban J connectivity index is 1.38. The Morgan fingerprint density at radius 3 is 2.78 bits per heavy atom. The first-order valence-electron chi connectivity index (χ1n) is 8.96. The summed E-state index contributed by atoms with van der Waals surface area (Å²) in [4.78, 5) is 23.1. The lowest BCUT2D eigenvalue weighted by Crippen LogP contribution is -2.32. The predicted octanol–water partition coefficient (Wildman–Crippen LogP) is 4.02. The van der Waals surface area contributed by atoms with Crippen molar-refractivity contribution in [3.8, 4) is 11.4 Å². The summed E-state index contributed by atoms with van der Waals surface area (Å²) < 4.78 is 6.33. The van der Waals surface area contributed by atoms with Gasteiger partial charge in [-0.25, -0.2) is 0 Å². The highest BCUT2D eigenvalue weighted by Crippen LogP contribution is 2.29. The van der Waals surface area contributed by atoms with Crippen LogP contribution in [0.25, 0.3) is 11.4 Å². The van der Waals surface area contributed by atoms with Crippen LogP contribution in [-0.2, 0) is 17.8 Å². The molecule has 4 rings (SSSR count). The van der Waals surface area contributed by atoms with Crippen molar-refractivity contribution in [1.29, 1.82) is 0 Å². The number of halogens is 1. The zero-order chi connectivity index (χ0) is 18.6. The van der Waals surface area contributed by atoms with Crippen LogP contribution in [0.2, 0.25) is 0 Å². The van der Waals surface area contributed by atoms with E-state index in [2.05, 4.69) is 37.1 Å². The number of rotatable bonds is 7. The van der Waals surface area contributed by atoms with Crippen molar-refractivity contribution in [3.63, 3.8) is 0 Å². The van der Waals surface area contributed by atoms with Crippen LogP contribution in [0, 0.1) is 0 Å². The summed E-state index contributed by atoms with van der Waals surface area (Å²) in [7, 11) is 0. The Morgan fingerprint density at radius 2 is 2.04 bits per heavy atom. The third kappa shape index (κ3) is 4.60. The van der Waals surface area contributed by atoms with Crippen molar-refractivity contribution < 1.29 is 9.32 Å². The van der Waals surface area contributed by atoms with Crippen molar-refractivity contribution >= 4 is 21.8 Å². The van der Waals surface area contributed by atoms with E-state index in [9.17, 15) is 4.79 Å². The first kappa shape index (κ1) is 17.9. The molecule has 2 aromatic heterocycles. The minimum Gasteiger partial charge on any atom is -0.339 e. The van der Waals surface area contributed by atoms with Gasteiger partial charge in [-0.3, -0.25) is 9.78 Å². The molecule has 0 aliphatic heterocycles. The van der Waals surface area contributed by atoms with Crippen LogP contribution in [0.5, 0.6) is 0 Å². The Kier molecular flexibility index (Phi) is 5.29. The second-order valence-electron chi connectivity index (χ2n) is 6.63. The molecule has 1 amide bonds. The lowest BCUT2D eigenvalue weighted by Gasteiger charge is -2.22. The first-order valence-corrected chi connectivity index (χ1v) is 9.75. The molecule has 0 spiro atoms. The number of hydrogen-bond acceptors (Lipinski definition) is 5. The van der Waals surface area contributed by atoms with Gasteiger partial charge < -0.3 is 9.42 Å². The summed E-state index contributed by atoms with van der Waals surface area (Å²) in [6.45, 7) is 0.634. The van der Waals surface area contributed by atoms with Gasteiger partial charge in [0.2, 0.25) is 17.6 Å². The number of benzene rings is 1. The molecule has 0 unspecified atom stereocenters. The number of hydrogen-bond donors (Lipinski definition) is 0. The molecule has 0 saturated heterocycles. The summed E-state index contributed by atoms with van der Waals surface area (Å²) in [5.74, 6) is 1.13. The van der Waals surface area contributed by atoms with E-state index in [1.807, 2.05) is 35.2 Å². The first-order chi connectivity index (χ1) is 13.2. The van der Waals surface area contributed by atoms with E-state index in [1.54, 1.807) is 12.4 Å². The lowest BCUT2D eigenvalue weighted by atomic mass is 10.2. The van der Waals surface area contributed by atoms with E-state index in [1.165, 1.54) is 0 Å². The Morgan fingerprint density at radius 1 is 1.22 bits per heavy atom. The SMILES string of the molecule is O=C(CCc1nc(-c2ccncc2)no1)N(Cc1cccc(Br)c1)C1CC1. The molecule has 0 radical (unpaired) electrons. The van der Waals surface area contributed by atoms with Gasteiger partial charge in [-0.05, 0) is 42.7 Å².